The van der Waals surface area contributed by atoms with Crippen LogP contribution in [0.1, 0.15) is 12.5 Å². The van der Waals surface area contributed by atoms with Gasteiger partial charge in [-0.3, -0.25) is 14.4 Å². The number of nitro benzene ring substituents is 1. The van der Waals surface area contributed by atoms with Crippen LogP contribution in [0.3, 0.4) is 0 Å². The van der Waals surface area contributed by atoms with Crippen molar-refractivity contribution in [3.8, 4) is 6.07 Å². The number of nitrogens with zero attached hydrogens (tertiary/aromatic N) is 3. The van der Waals surface area contributed by atoms with E-state index in [1.165, 1.54) is 19.1 Å². The number of anilines is 1. The molecule has 0 radical (unpaired) electrons. The van der Waals surface area contributed by atoms with Crippen molar-refractivity contribution >= 4 is 21.4 Å². The van der Waals surface area contributed by atoms with Gasteiger partial charge in [0.25, 0.3) is 15.7 Å². The Labute approximate surface area is 160 Å². The molecule has 2 N–H and O–H groups in total. The Morgan fingerprint density at radius 1 is 1.29 bits per heavy atom. The summed E-state index contributed by atoms with van der Waals surface area (Å²) in [7, 11) is -4.53. The normalized spacial score (nSPS) is 13.4. The van der Waals surface area contributed by atoms with Gasteiger partial charge in [-0.2, -0.15) is 5.26 Å². The first-order valence-corrected chi connectivity index (χ1v) is 9.35. The minimum Gasteiger partial charge on any atom is -0.391 e. The van der Waals surface area contributed by atoms with Gasteiger partial charge < -0.3 is 10.2 Å². The van der Waals surface area contributed by atoms with E-state index in [2.05, 4.69) is 0 Å². The second-order valence-electron chi connectivity index (χ2n) is 5.88. The Balaban J connectivity index is 2.67. The van der Waals surface area contributed by atoms with Crippen LogP contribution >= 0.6 is 0 Å². The van der Waals surface area contributed by atoms with Crippen molar-refractivity contribution in [1.29, 1.82) is 5.26 Å². The molecule has 0 fully saturated rings. The number of sulfonamides is 1. The molecule has 148 valence electrons. The number of aliphatic hydroxyl groups is 2. The Morgan fingerprint density at radius 2 is 1.96 bits per heavy atom. The highest BCUT2D eigenvalue weighted by Crippen LogP contribution is 2.30. The van der Waals surface area contributed by atoms with Crippen molar-refractivity contribution in [3.63, 3.8) is 0 Å². The van der Waals surface area contributed by atoms with Gasteiger partial charge in [-0.15, -0.1) is 0 Å². The average Bonchev–Trinajstić information content (AvgIpc) is 2.66. The summed E-state index contributed by atoms with van der Waals surface area (Å²) in [6, 6.07) is 8.97. The average molecular weight is 409 g/mol. The fraction of sp³-hybridized carbons (Fsp3) is 0.235. The van der Waals surface area contributed by atoms with E-state index in [0.29, 0.717) is 4.31 Å². The summed E-state index contributed by atoms with van der Waals surface area (Å²) < 4.78 is 41.0. The van der Waals surface area contributed by atoms with Gasteiger partial charge in [-0.1, -0.05) is 6.07 Å². The molecule has 0 aliphatic carbocycles. The van der Waals surface area contributed by atoms with Gasteiger partial charge in [0.05, 0.1) is 45.9 Å². The van der Waals surface area contributed by atoms with E-state index in [1.54, 1.807) is 6.07 Å². The van der Waals surface area contributed by atoms with Crippen LogP contribution < -0.4 is 4.31 Å². The summed E-state index contributed by atoms with van der Waals surface area (Å²) in [5.41, 5.74) is -1.21. The van der Waals surface area contributed by atoms with Gasteiger partial charge in [0.1, 0.15) is 5.82 Å². The molecule has 0 spiro atoms. The molecule has 2 rings (SSSR count). The van der Waals surface area contributed by atoms with Crippen molar-refractivity contribution in [2.75, 3.05) is 10.8 Å². The summed E-state index contributed by atoms with van der Waals surface area (Å²) in [5, 5.41) is 39.5. The smallest absolute Gasteiger partial charge is 0.271 e. The molecule has 0 amide bonds. The number of halogens is 1. The Morgan fingerprint density at radius 3 is 2.54 bits per heavy atom. The molecule has 0 heterocycles. The minimum atomic E-state index is -4.53. The first-order valence-electron chi connectivity index (χ1n) is 7.91. The van der Waals surface area contributed by atoms with Crippen molar-refractivity contribution < 1.29 is 27.9 Å². The topological polar surface area (TPSA) is 145 Å². The summed E-state index contributed by atoms with van der Waals surface area (Å²) in [6.07, 6.45) is -2.96. The number of hydrogen-bond acceptors (Lipinski definition) is 7. The van der Waals surface area contributed by atoms with Crippen LogP contribution in [0, 0.1) is 27.3 Å². The molecule has 2 atom stereocenters. The zero-order valence-corrected chi connectivity index (χ0v) is 15.4. The van der Waals surface area contributed by atoms with Crippen molar-refractivity contribution in [3.05, 3.63) is 64.0 Å². The highest BCUT2D eigenvalue weighted by atomic mass is 32.2. The fourth-order valence-corrected chi connectivity index (χ4v) is 3.84. The molecule has 2 aromatic rings. The molecule has 28 heavy (non-hydrogen) atoms. The molecular formula is C17H16FN3O6S. The van der Waals surface area contributed by atoms with Gasteiger partial charge in [0, 0.05) is 12.1 Å². The lowest BCUT2D eigenvalue weighted by atomic mass is 10.2. The molecule has 9 nitrogen and oxygen atoms in total. The quantitative estimate of drug-likeness (QED) is 0.521. The number of rotatable bonds is 7. The van der Waals surface area contributed by atoms with Crippen molar-refractivity contribution in [1.82, 2.24) is 0 Å². The largest absolute Gasteiger partial charge is 0.391 e. The predicted octanol–water partition coefficient (Wildman–Crippen LogP) is 1.54. The second kappa shape index (κ2) is 8.30. The SMILES string of the molecule is CC(O)C(O)CN(c1cc([N+](=O)[O-])ccc1F)S(=O)(=O)c1cccc(C#N)c1. The Bertz CT molecular complexity index is 1040. The van der Waals surface area contributed by atoms with Crippen LogP contribution in [0.2, 0.25) is 0 Å². The second-order valence-corrected chi connectivity index (χ2v) is 7.74. The number of nitriles is 1. The lowest BCUT2D eigenvalue weighted by molar-refractivity contribution is -0.384. The Hall–Kier alpha value is -3.07. The van der Waals surface area contributed by atoms with Gasteiger partial charge in [0.15, 0.2) is 0 Å². The molecule has 11 heteroatoms. The molecule has 2 unspecified atom stereocenters. The highest BCUT2D eigenvalue weighted by Gasteiger charge is 2.31. The maximum atomic E-state index is 14.4. The fourth-order valence-electron chi connectivity index (χ4n) is 2.31. The van der Waals surface area contributed by atoms with Crippen LogP contribution in [0.15, 0.2) is 47.4 Å². The predicted molar refractivity (Wildman–Crippen MR) is 96.4 cm³/mol. The number of hydrogen-bond donors (Lipinski definition) is 2. The number of benzene rings is 2. The van der Waals surface area contributed by atoms with Crippen LogP contribution in [0.4, 0.5) is 15.8 Å². The molecule has 0 aliphatic rings. The first-order chi connectivity index (χ1) is 13.1. The Kier molecular flexibility index (Phi) is 6.30. The first kappa shape index (κ1) is 21.2. The maximum absolute atomic E-state index is 14.4. The van der Waals surface area contributed by atoms with E-state index in [-0.39, 0.29) is 10.5 Å². The van der Waals surface area contributed by atoms with Gasteiger partial charge in [-0.05, 0) is 31.2 Å². The van der Waals surface area contributed by atoms with Gasteiger partial charge in [-0.25, -0.2) is 12.8 Å². The molecular weight excluding hydrogens is 393 g/mol. The molecule has 0 aromatic heterocycles. The van der Waals surface area contributed by atoms with Crippen LogP contribution in [0.5, 0.6) is 0 Å². The number of non-ortho nitro benzene ring substituents is 1. The van der Waals surface area contributed by atoms with E-state index in [9.17, 15) is 33.1 Å². The third-order valence-corrected chi connectivity index (χ3v) is 5.65. The minimum absolute atomic E-state index is 0.0246. The van der Waals surface area contributed by atoms with E-state index < -0.39 is 50.9 Å². The molecule has 0 bridgehead atoms. The van der Waals surface area contributed by atoms with Crippen molar-refractivity contribution in [2.24, 2.45) is 0 Å². The lowest BCUT2D eigenvalue weighted by Crippen LogP contribution is -2.42. The van der Waals surface area contributed by atoms with E-state index in [1.807, 2.05) is 0 Å². The van der Waals surface area contributed by atoms with E-state index in [4.69, 9.17) is 5.26 Å². The van der Waals surface area contributed by atoms with E-state index >= 15 is 0 Å². The highest BCUT2D eigenvalue weighted by molar-refractivity contribution is 7.92. The standard InChI is InChI=1S/C17H16FN3O6S/c1-11(22)17(23)10-20(16-8-13(21(24)25)5-6-15(16)18)28(26,27)14-4-2-3-12(7-14)9-19/h2-8,11,17,22-23H,10H2,1H3. The zero-order chi connectivity index (χ0) is 21.1. The van der Waals surface area contributed by atoms with Crippen LogP contribution in [-0.4, -0.2) is 42.3 Å². The van der Waals surface area contributed by atoms with Crippen LogP contribution in [0.25, 0.3) is 0 Å². The van der Waals surface area contributed by atoms with Crippen molar-refractivity contribution in [2.45, 2.75) is 24.0 Å². The maximum Gasteiger partial charge on any atom is 0.271 e. The zero-order valence-electron chi connectivity index (χ0n) is 14.6. The molecule has 0 saturated carbocycles. The summed E-state index contributed by atoms with van der Waals surface area (Å²) in [6.45, 7) is 0.435. The third kappa shape index (κ3) is 4.42. The lowest BCUT2D eigenvalue weighted by Gasteiger charge is -2.28. The number of nitro groups is 1. The summed E-state index contributed by atoms with van der Waals surface area (Å²) in [5.74, 6) is -1.08. The number of aliphatic hydroxyl groups excluding tert-OH is 2. The van der Waals surface area contributed by atoms with E-state index in [0.717, 1.165) is 30.3 Å². The molecule has 0 saturated heterocycles. The van der Waals surface area contributed by atoms with Gasteiger partial charge in [0.2, 0.25) is 0 Å². The molecule has 0 aliphatic heterocycles. The van der Waals surface area contributed by atoms with Crippen LogP contribution in [-0.2, 0) is 10.0 Å². The van der Waals surface area contributed by atoms with Gasteiger partial charge >= 0.3 is 0 Å². The summed E-state index contributed by atoms with van der Waals surface area (Å²) in [4.78, 5) is 9.81. The molecule has 2 aromatic carbocycles. The summed E-state index contributed by atoms with van der Waals surface area (Å²) >= 11 is 0. The monoisotopic (exact) mass is 409 g/mol. The third-order valence-electron chi connectivity index (χ3n) is 3.87.